The van der Waals surface area contributed by atoms with Crippen LogP contribution in [0.4, 0.5) is 0 Å². The Labute approximate surface area is 392 Å². The molecule has 0 radical (unpaired) electrons. The molecule has 5 heterocycles. The Morgan fingerprint density at radius 3 is 1.98 bits per heavy atom. The Kier molecular flexibility index (Phi) is 11.7. The van der Waals surface area contributed by atoms with Crippen LogP contribution in [-0.2, 0) is 6.54 Å². The molecule has 0 amide bonds. The standard InChI is InChI=1S/C58H53ClN4O3/c1-5-39-37-63(36-38-32-47(40-18-10-6-11-19-40)53(66-58(2,3)4)48(33-38)41-20-12-7-13-21-41)31-29-44(39)34-51(63)54(46-28-30-60-50-27-26-45(64)35-49(46)50)65-57-52(42-22-14-8-15-23-42)55(59)61-56(62-57)43-24-16-9-17-25-43/h5-28,30,32-33,35,39,44,51,54H,1,29,31,34,36-37H2,2-4H3/t39-,44-,51+,54-,63+/m0/s1. The quantitative estimate of drug-likeness (QED) is 0.0691. The number of hydrogen-bond donors (Lipinski definition) is 0. The molecule has 3 fully saturated rings. The predicted molar refractivity (Wildman–Crippen MR) is 264 cm³/mol. The molecule has 0 N–H and O–H groups in total. The van der Waals surface area contributed by atoms with Gasteiger partial charge >= 0.3 is 0 Å². The fraction of sp³-hybridized carbons (Fsp3) is 0.224. The maximum atomic E-state index is 13.3. The van der Waals surface area contributed by atoms with Crippen LogP contribution < -0.4 is 14.6 Å². The van der Waals surface area contributed by atoms with E-state index in [-0.39, 0.29) is 11.8 Å². The largest absolute Gasteiger partial charge is 0.872 e. The van der Waals surface area contributed by atoms with Gasteiger partial charge in [0.1, 0.15) is 29.1 Å². The molecule has 3 saturated heterocycles. The van der Waals surface area contributed by atoms with Crippen LogP contribution in [0.5, 0.6) is 17.4 Å². The molecule has 8 heteroatoms. The summed E-state index contributed by atoms with van der Waals surface area (Å²) in [6.07, 6.45) is 5.35. The smallest absolute Gasteiger partial charge is 0.227 e. The zero-order chi connectivity index (χ0) is 45.4. The van der Waals surface area contributed by atoms with E-state index in [1.807, 2.05) is 79.0 Å². The summed E-state index contributed by atoms with van der Waals surface area (Å²) >= 11 is 7.26. The van der Waals surface area contributed by atoms with E-state index in [0.717, 1.165) is 92.6 Å². The zero-order valence-electron chi connectivity index (χ0n) is 37.6. The van der Waals surface area contributed by atoms with Gasteiger partial charge in [0.15, 0.2) is 11.9 Å². The predicted octanol–water partition coefficient (Wildman–Crippen LogP) is 13.3. The SMILES string of the molecule is C=C[C@H]1C[N@+]2(Cc3cc(-c4ccccc4)c(OC(C)(C)C)c(-c4ccccc4)c3)CC[C@H]1C[C@@H]2[C@@H](Oc1nc(-c2ccccc2)nc(Cl)c1-c1ccccc1)c1ccnc2ccc([O-])cc12. The van der Waals surface area contributed by atoms with Crippen LogP contribution in [0, 0.1) is 11.8 Å². The summed E-state index contributed by atoms with van der Waals surface area (Å²) < 4.78 is 15.3. The molecule has 0 saturated carbocycles. The molecular formula is C58H53ClN4O3. The van der Waals surface area contributed by atoms with Gasteiger partial charge in [0.25, 0.3) is 0 Å². The fourth-order valence-corrected chi connectivity index (χ4v) is 10.8. The second-order valence-electron chi connectivity index (χ2n) is 18.9. The lowest BCUT2D eigenvalue weighted by molar-refractivity contribution is -0.984. The molecule has 2 aromatic heterocycles. The van der Waals surface area contributed by atoms with Crippen LogP contribution in [0.25, 0.3) is 55.7 Å². The third kappa shape index (κ3) is 8.57. The van der Waals surface area contributed by atoms with Crippen molar-refractivity contribution in [1.29, 1.82) is 0 Å². The number of nitrogens with zero attached hydrogens (tertiary/aromatic N) is 4. The molecule has 0 unspecified atom stereocenters. The minimum absolute atomic E-state index is 0.0794. The van der Waals surface area contributed by atoms with Gasteiger partial charge in [0.05, 0.1) is 24.2 Å². The molecule has 330 valence electrons. The van der Waals surface area contributed by atoms with Crippen LogP contribution in [-0.4, -0.2) is 44.2 Å². The topological polar surface area (TPSA) is 80.2 Å². The summed E-state index contributed by atoms with van der Waals surface area (Å²) in [4.78, 5) is 14.8. The highest BCUT2D eigenvalue weighted by Gasteiger charge is 2.55. The van der Waals surface area contributed by atoms with Crippen molar-refractivity contribution in [2.45, 2.75) is 57.9 Å². The molecule has 3 aliphatic rings. The van der Waals surface area contributed by atoms with Crippen molar-refractivity contribution >= 4 is 22.5 Å². The molecule has 2 bridgehead atoms. The average molecular weight is 890 g/mol. The molecule has 7 nitrogen and oxygen atoms in total. The fourth-order valence-electron chi connectivity index (χ4n) is 10.5. The minimum Gasteiger partial charge on any atom is -0.872 e. The van der Waals surface area contributed by atoms with E-state index in [0.29, 0.717) is 34.3 Å². The Morgan fingerprint density at radius 2 is 1.38 bits per heavy atom. The van der Waals surface area contributed by atoms with Crippen molar-refractivity contribution in [2.75, 3.05) is 13.1 Å². The number of halogens is 1. The maximum absolute atomic E-state index is 13.3. The normalized spacial score (nSPS) is 19.6. The summed E-state index contributed by atoms with van der Waals surface area (Å²) in [6, 6.07) is 52.7. The van der Waals surface area contributed by atoms with E-state index < -0.39 is 11.7 Å². The van der Waals surface area contributed by atoms with Gasteiger partial charge < -0.3 is 19.1 Å². The van der Waals surface area contributed by atoms with Crippen LogP contribution in [0.3, 0.4) is 0 Å². The first-order chi connectivity index (χ1) is 32.1. The number of pyridine rings is 1. The van der Waals surface area contributed by atoms with E-state index >= 15 is 0 Å². The molecule has 11 rings (SSSR count). The van der Waals surface area contributed by atoms with E-state index in [1.165, 1.54) is 5.56 Å². The van der Waals surface area contributed by atoms with E-state index in [9.17, 15) is 5.11 Å². The van der Waals surface area contributed by atoms with E-state index in [1.54, 1.807) is 12.1 Å². The van der Waals surface area contributed by atoms with Crippen molar-refractivity contribution in [3.63, 3.8) is 0 Å². The molecule has 0 spiro atoms. The number of aromatic nitrogens is 3. The first-order valence-electron chi connectivity index (χ1n) is 22.9. The number of ether oxygens (including phenoxy) is 2. The van der Waals surface area contributed by atoms with Gasteiger partial charge in [-0.2, -0.15) is 4.98 Å². The van der Waals surface area contributed by atoms with Crippen molar-refractivity contribution in [2.24, 2.45) is 11.8 Å². The highest BCUT2D eigenvalue weighted by molar-refractivity contribution is 6.32. The number of hydrogen-bond acceptors (Lipinski definition) is 6. The molecule has 5 atom stereocenters. The van der Waals surface area contributed by atoms with Gasteiger partial charge in [-0.25, -0.2) is 4.98 Å². The van der Waals surface area contributed by atoms with Crippen molar-refractivity contribution < 1.29 is 19.1 Å². The lowest BCUT2D eigenvalue weighted by Gasteiger charge is -2.58. The van der Waals surface area contributed by atoms with Gasteiger partial charge in [-0.3, -0.25) is 4.98 Å². The van der Waals surface area contributed by atoms with Crippen LogP contribution in [0.2, 0.25) is 5.15 Å². The molecular weight excluding hydrogens is 836 g/mol. The Balaban J connectivity index is 1.19. The summed E-state index contributed by atoms with van der Waals surface area (Å²) in [5.74, 6) is 2.33. The first-order valence-corrected chi connectivity index (χ1v) is 23.3. The highest BCUT2D eigenvalue weighted by atomic mass is 35.5. The van der Waals surface area contributed by atoms with Gasteiger partial charge in [-0.05, 0) is 67.6 Å². The van der Waals surface area contributed by atoms with Gasteiger partial charge in [0.2, 0.25) is 5.88 Å². The highest BCUT2D eigenvalue weighted by Crippen LogP contribution is 2.51. The summed E-state index contributed by atoms with van der Waals surface area (Å²) in [5, 5.41) is 14.3. The van der Waals surface area contributed by atoms with Gasteiger partial charge in [-0.1, -0.05) is 151 Å². The first kappa shape index (κ1) is 43.1. The molecule has 6 aromatic carbocycles. The second kappa shape index (κ2) is 17.9. The Bertz CT molecular complexity index is 2960. The Morgan fingerprint density at radius 1 is 0.773 bits per heavy atom. The number of quaternary nitrogens is 1. The van der Waals surface area contributed by atoms with E-state index in [4.69, 9.17) is 36.0 Å². The minimum atomic E-state index is -0.575. The molecule has 0 aliphatic carbocycles. The summed E-state index contributed by atoms with van der Waals surface area (Å²) in [5.41, 5.74) is 8.95. The molecule has 3 aliphatic heterocycles. The van der Waals surface area contributed by atoms with Crippen molar-refractivity contribution in [1.82, 2.24) is 15.0 Å². The molecule has 8 aromatic rings. The number of fused-ring (bicyclic) bond motifs is 4. The van der Waals surface area contributed by atoms with Gasteiger partial charge in [-0.15, -0.1) is 12.3 Å². The van der Waals surface area contributed by atoms with Crippen molar-refractivity contribution in [3.8, 4) is 62.1 Å². The van der Waals surface area contributed by atoms with Crippen LogP contribution in [0.1, 0.15) is 50.8 Å². The monoisotopic (exact) mass is 888 g/mol. The number of piperidine rings is 3. The summed E-state index contributed by atoms with van der Waals surface area (Å²) in [6.45, 7) is 13.3. The van der Waals surface area contributed by atoms with Gasteiger partial charge in [0, 0.05) is 58.2 Å². The van der Waals surface area contributed by atoms with Crippen molar-refractivity contribution in [3.05, 3.63) is 193 Å². The lowest BCUT2D eigenvalue weighted by Crippen LogP contribution is -2.68. The number of rotatable bonds is 12. The lowest BCUT2D eigenvalue weighted by atomic mass is 9.71. The zero-order valence-corrected chi connectivity index (χ0v) is 38.4. The summed E-state index contributed by atoms with van der Waals surface area (Å²) in [7, 11) is 0. The average Bonchev–Trinajstić information content (AvgIpc) is 3.34. The third-order valence-electron chi connectivity index (χ3n) is 13.5. The number of benzene rings is 6. The van der Waals surface area contributed by atoms with Crippen LogP contribution in [0.15, 0.2) is 177 Å². The Hall–Kier alpha value is -6.80. The van der Waals surface area contributed by atoms with E-state index in [2.05, 4.69) is 106 Å². The maximum Gasteiger partial charge on any atom is 0.227 e. The second-order valence-corrected chi connectivity index (χ2v) is 19.2. The van der Waals surface area contributed by atoms with Crippen LogP contribution >= 0.6 is 11.6 Å². The molecule has 66 heavy (non-hydrogen) atoms. The third-order valence-corrected chi connectivity index (χ3v) is 13.7.